The molecule has 0 radical (unpaired) electrons. The highest BCUT2D eigenvalue weighted by molar-refractivity contribution is 6.38. The first kappa shape index (κ1) is 21.9. The maximum atomic E-state index is 13.6. The Morgan fingerprint density at radius 1 is 1.28 bits per heavy atom. The molecule has 29 heavy (non-hydrogen) atoms. The third-order valence-corrected chi connectivity index (χ3v) is 6.79. The van der Waals surface area contributed by atoms with Crippen LogP contribution >= 0.6 is 23.2 Å². The van der Waals surface area contributed by atoms with E-state index in [1.165, 1.54) is 32.3 Å². The Morgan fingerprint density at radius 2 is 1.93 bits per heavy atom. The third-order valence-electron chi connectivity index (χ3n) is 6.00. The molecule has 0 amide bonds. The summed E-state index contributed by atoms with van der Waals surface area (Å²) in [6, 6.07) is 3.02. The van der Waals surface area contributed by atoms with E-state index in [9.17, 15) is 18.0 Å². The highest BCUT2D eigenvalue weighted by Gasteiger charge is 2.56. The van der Waals surface area contributed by atoms with E-state index >= 15 is 0 Å². The van der Waals surface area contributed by atoms with Crippen molar-refractivity contribution < 1.29 is 22.7 Å². The Labute approximate surface area is 177 Å². The lowest BCUT2D eigenvalue weighted by Gasteiger charge is -2.37. The van der Waals surface area contributed by atoms with E-state index < -0.39 is 23.5 Å². The molecule has 3 atom stereocenters. The van der Waals surface area contributed by atoms with Gasteiger partial charge in [0.05, 0.1) is 23.1 Å². The number of methoxy groups -OCH3 is 1. The Hall–Kier alpha value is -1.79. The average molecular weight is 446 g/mol. The van der Waals surface area contributed by atoms with Crippen molar-refractivity contribution in [3.63, 3.8) is 0 Å². The van der Waals surface area contributed by atoms with E-state index in [4.69, 9.17) is 27.9 Å². The van der Waals surface area contributed by atoms with E-state index in [0.717, 1.165) is 5.57 Å². The molecule has 0 spiro atoms. The number of ether oxygens (including phenoxy) is 1. The number of aliphatic imine (C=N–C) groups is 1. The number of carbonyl (C=O) groups excluding carboxylic acids is 1. The Bertz CT molecular complexity index is 965. The lowest BCUT2D eigenvalue weighted by atomic mass is 9.70. The number of hydrogen-bond donors (Lipinski definition) is 0. The molecule has 3 unspecified atom stereocenters. The minimum atomic E-state index is -4.38. The van der Waals surface area contributed by atoms with Crippen LogP contribution in [0.15, 0.2) is 40.5 Å². The topological polar surface area (TPSA) is 38.7 Å². The van der Waals surface area contributed by atoms with Gasteiger partial charge in [0.2, 0.25) is 0 Å². The van der Waals surface area contributed by atoms with Crippen molar-refractivity contribution in [3.05, 3.63) is 56.7 Å². The molecule has 2 aliphatic rings. The summed E-state index contributed by atoms with van der Waals surface area (Å²) in [5, 5.41) is 0.513. The van der Waals surface area contributed by atoms with Gasteiger partial charge in [0.15, 0.2) is 0 Å². The molecule has 0 bridgehead atoms. The largest absolute Gasteiger partial charge is 0.465 e. The van der Waals surface area contributed by atoms with Gasteiger partial charge in [0, 0.05) is 34.7 Å². The fraction of sp³-hybridized carbons (Fsp3) is 0.429. The van der Waals surface area contributed by atoms with Gasteiger partial charge in [-0.2, -0.15) is 13.2 Å². The van der Waals surface area contributed by atoms with Crippen LogP contribution < -0.4 is 0 Å². The zero-order valence-corrected chi connectivity index (χ0v) is 17.8. The summed E-state index contributed by atoms with van der Waals surface area (Å²) in [4.78, 5) is 16.5. The second-order valence-electron chi connectivity index (χ2n) is 7.56. The monoisotopic (exact) mass is 445 g/mol. The summed E-state index contributed by atoms with van der Waals surface area (Å²) >= 11 is 12.7. The maximum absolute atomic E-state index is 13.6. The van der Waals surface area contributed by atoms with Crippen molar-refractivity contribution in [2.75, 3.05) is 7.11 Å². The number of hydrogen-bond acceptors (Lipinski definition) is 3. The second-order valence-corrected chi connectivity index (χ2v) is 8.34. The van der Waals surface area contributed by atoms with Gasteiger partial charge in [-0.05, 0) is 30.2 Å². The van der Waals surface area contributed by atoms with Crippen molar-refractivity contribution in [2.45, 2.75) is 33.4 Å². The fourth-order valence-corrected chi connectivity index (χ4v) is 4.31. The molecule has 8 heteroatoms. The normalized spacial score (nSPS) is 26.4. The molecule has 1 aliphatic carbocycles. The van der Waals surface area contributed by atoms with Crippen molar-refractivity contribution in [1.82, 2.24) is 0 Å². The molecule has 1 aromatic carbocycles. The molecule has 156 valence electrons. The van der Waals surface area contributed by atoms with Gasteiger partial charge >= 0.3 is 12.1 Å². The molecule has 0 saturated heterocycles. The average Bonchev–Trinajstić information content (AvgIpc) is 2.96. The molecule has 0 saturated carbocycles. The molecular formula is C21H20Cl2F3NO2. The quantitative estimate of drug-likeness (QED) is 0.501. The molecule has 1 aliphatic heterocycles. The van der Waals surface area contributed by atoms with Crippen LogP contribution in [0, 0.1) is 17.3 Å². The number of nitrogens with zero attached hydrogens (tertiary/aromatic N) is 1. The zero-order chi connectivity index (χ0) is 21.7. The first-order valence-corrected chi connectivity index (χ1v) is 9.80. The van der Waals surface area contributed by atoms with E-state index in [1.54, 1.807) is 13.0 Å². The number of allylic oxidation sites excluding steroid dienone is 4. The Morgan fingerprint density at radius 3 is 2.52 bits per heavy atom. The highest BCUT2D eigenvalue weighted by Crippen LogP contribution is 2.53. The van der Waals surface area contributed by atoms with Crippen molar-refractivity contribution >= 4 is 34.9 Å². The van der Waals surface area contributed by atoms with E-state index in [2.05, 4.69) is 4.99 Å². The van der Waals surface area contributed by atoms with Gasteiger partial charge in [0.1, 0.15) is 0 Å². The van der Waals surface area contributed by atoms with Crippen LogP contribution in [0.2, 0.25) is 10.0 Å². The number of benzene rings is 1. The van der Waals surface area contributed by atoms with Gasteiger partial charge < -0.3 is 4.74 Å². The van der Waals surface area contributed by atoms with Gasteiger partial charge in [0.25, 0.3) is 0 Å². The first-order chi connectivity index (χ1) is 13.4. The summed E-state index contributed by atoms with van der Waals surface area (Å²) in [7, 11) is 1.25. The fourth-order valence-electron chi connectivity index (χ4n) is 3.73. The van der Waals surface area contributed by atoms with Crippen LogP contribution in [-0.4, -0.2) is 25.0 Å². The van der Waals surface area contributed by atoms with Crippen molar-refractivity contribution in [1.29, 1.82) is 0 Å². The number of rotatable bonds is 3. The standard InChI is InChI=1S/C21H20Cl2F3NO2/c1-10-12-7-8-20(3,21(24,25)26)11(2)18(12)27-16(10)9-14-15(22)6-5-13(17(14)23)19(28)29-4/h5-8,10-11H,9H2,1-4H3. The molecule has 1 aromatic rings. The number of esters is 1. The molecule has 3 nitrogen and oxygen atoms in total. The number of carbonyl (C=O) groups is 1. The number of alkyl halides is 3. The first-order valence-electron chi connectivity index (χ1n) is 9.05. The van der Waals surface area contributed by atoms with Crippen molar-refractivity contribution in [2.24, 2.45) is 22.2 Å². The van der Waals surface area contributed by atoms with Crippen molar-refractivity contribution in [3.8, 4) is 0 Å². The predicted molar refractivity (Wildman–Crippen MR) is 108 cm³/mol. The third kappa shape index (κ3) is 3.50. The molecule has 0 N–H and O–H groups in total. The second kappa shape index (κ2) is 7.47. The summed E-state index contributed by atoms with van der Waals surface area (Å²) in [6.07, 6.45) is -1.41. The molecule has 0 fully saturated rings. The Kier molecular flexibility index (Phi) is 5.65. The minimum Gasteiger partial charge on any atom is -0.465 e. The van der Waals surface area contributed by atoms with Gasteiger partial charge in [-0.15, -0.1) is 0 Å². The van der Waals surface area contributed by atoms with Crippen LogP contribution in [0.1, 0.15) is 36.7 Å². The smallest absolute Gasteiger partial charge is 0.398 e. The van der Waals surface area contributed by atoms with Gasteiger partial charge in [-0.3, -0.25) is 4.99 Å². The van der Waals surface area contributed by atoms with E-state index in [1.807, 2.05) is 6.92 Å². The Balaban J connectivity index is 1.97. The van der Waals surface area contributed by atoms with E-state index in [-0.39, 0.29) is 22.9 Å². The SMILES string of the molecule is COC(=O)c1ccc(Cl)c(CC2=NC3=C(C=CC(C)(C(F)(F)F)C3C)C2C)c1Cl. The molecular weight excluding hydrogens is 426 g/mol. The summed E-state index contributed by atoms with van der Waals surface area (Å²) < 4.78 is 45.6. The minimum absolute atomic E-state index is 0.160. The lowest BCUT2D eigenvalue weighted by molar-refractivity contribution is -0.211. The van der Waals surface area contributed by atoms with Crippen LogP contribution in [0.5, 0.6) is 0 Å². The molecule has 0 aromatic heterocycles. The maximum Gasteiger partial charge on any atom is 0.398 e. The number of halogens is 5. The van der Waals surface area contributed by atoms with Crippen LogP contribution in [-0.2, 0) is 11.2 Å². The molecule has 1 heterocycles. The summed E-state index contributed by atoms with van der Waals surface area (Å²) in [6.45, 7) is 4.62. The van der Waals surface area contributed by atoms with Crippen LogP contribution in [0.3, 0.4) is 0 Å². The molecule has 3 rings (SSSR count). The lowest BCUT2D eigenvalue weighted by Crippen LogP contribution is -2.41. The van der Waals surface area contributed by atoms with Gasteiger partial charge in [-0.25, -0.2) is 4.79 Å². The van der Waals surface area contributed by atoms with Gasteiger partial charge in [-0.1, -0.05) is 49.2 Å². The zero-order valence-electron chi connectivity index (χ0n) is 16.3. The van der Waals surface area contributed by atoms with Crippen LogP contribution in [0.4, 0.5) is 13.2 Å². The van der Waals surface area contributed by atoms with Crippen LogP contribution in [0.25, 0.3) is 0 Å². The predicted octanol–water partition coefficient (Wildman–Crippen LogP) is 6.44. The summed E-state index contributed by atoms with van der Waals surface area (Å²) in [5.41, 5.74) is 0.554. The summed E-state index contributed by atoms with van der Waals surface area (Å²) in [5.74, 6) is -1.60. The highest BCUT2D eigenvalue weighted by atomic mass is 35.5. The van der Waals surface area contributed by atoms with E-state index in [0.29, 0.717) is 22.0 Å².